The van der Waals surface area contributed by atoms with Crippen molar-refractivity contribution in [2.45, 2.75) is 26.0 Å². The van der Waals surface area contributed by atoms with Crippen molar-refractivity contribution in [3.8, 4) is 0 Å². The first-order valence-electron chi connectivity index (χ1n) is 5.20. The van der Waals surface area contributed by atoms with E-state index in [-0.39, 0.29) is 11.9 Å². The van der Waals surface area contributed by atoms with Gasteiger partial charge in [0, 0.05) is 25.4 Å². The molecule has 1 aromatic heterocycles. The van der Waals surface area contributed by atoms with E-state index >= 15 is 0 Å². The second kappa shape index (κ2) is 4.48. The standard InChI is InChI=1S/C10H15N3O2S/c1-6-12-10(5-16-6)13(7(2)14)8-3-11-4-9(8)15/h5,8-9,11,15H,3-4H2,1-2H3. The van der Waals surface area contributed by atoms with Crippen LogP contribution in [-0.4, -0.2) is 41.2 Å². The lowest BCUT2D eigenvalue weighted by Crippen LogP contribution is -2.46. The van der Waals surface area contributed by atoms with Gasteiger partial charge in [0.15, 0.2) is 0 Å². The van der Waals surface area contributed by atoms with E-state index in [1.807, 2.05) is 12.3 Å². The number of anilines is 1. The van der Waals surface area contributed by atoms with E-state index in [0.29, 0.717) is 18.9 Å². The first kappa shape index (κ1) is 11.5. The molecule has 6 heteroatoms. The van der Waals surface area contributed by atoms with Gasteiger partial charge in [-0.05, 0) is 6.92 Å². The molecule has 16 heavy (non-hydrogen) atoms. The van der Waals surface area contributed by atoms with E-state index < -0.39 is 6.10 Å². The molecule has 2 rings (SSSR count). The molecule has 2 N–H and O–H groups in total. The maximum atomic E-state index is 11.6. The molecule has 2 heterocycles. The number of aliphatic hydroxyl groups excluding tert-OH is 1. The highest BCUT2D eigenvalue weighted by atomic mass is 32.1. The Kier molecular flexibility index (Phi) is 3.22. The summed E-state index contributed by atoms with van der Waals surface area (Å²) in [7, 11) is 0. The van der Waals surface area contributed by atoms with Crippen molar-refractivity contribution in [3.63, 3.8) is 0 Å². The maximum Gasteiger partial charge on any atom is 0.225 e. The van der Waals surface area contributed by atoms with Crippen LogP contribution >= 0.6 is 11.3 Å². The quantitative estimate of drug-likeness (QED) is 0.773. The van der Waals surface area contributed by atoms with E-state index in [1.54, 1.807) is 4.90 Å². The summed E-state index contributed by atoms with van der Waals surface area (Å²) in [6, 6.07) is -0.209. The average molecular weight is 241 g/mol. The molecule has 0 saturated carbocycles. The van der Waals surface area contributed by atoms with Crippen LogP contribution < -0.4 is 10.2 Å². The highest BCUT2D eigenvalue weighted by Gasteiger charge is 2.34. The molecular formula is C10H15N3O2S. The number of β-amino-alcohol motifs (C(OH)–C–C–N with tert-alkyl or cyclic N) is 1. The van der Waals surface area contributed by atoms with Gasteiger partial charge < -0.3 is 10.4 Å². The maximum absolute atomic E-state index is 11.6. The van der Waals surface area contributed by atoms with Crippen LogP contribution in [0.1, 0.15) is 11.9 Å². The zero-order valence-electron chi connectivity index (χ0n) is 9.30. The summed E-state index contributed by atoms with van der Waals surface area (Å²) in [5.41, 5.74) is 0. The number of hydrogen-bond acceptors (Lipinski definition) is 5. The number of aryl methyl sites for hydroxylation is 1. The Balaban J connectivity index is 2.27. The Labute approximate surface area is 98.1 Å². The number of aliphatic hydroxyl groups is 1. The predicted octanol–water partition coefficient (Wildman–Crippen LogP) is 0.137. The fourth-order valence-corrected chi connectivity index (χ4v) is 2.53. The van der Waals surface area contributed by atoms with Gasteiger partial charge in [-0.2, -0.15) is 0 Å². The summed E-state index contributed by atoms with van der Waals surface area (Å²) in [6.45, 7) is 4.53. The average Bonchev–Trinajstić information content (AvgIpc) is 2.78. The van der Waals surface area contributed by atoms with Gasteiger partial charge in [0.1, 0.15) is 5.82 Å². The van der Waals surface area contributed by atoms with Gasteiger partial charge in [-0.25, -0.2) is 4.98 Å². The predicted molar refractivity (Wildman–Crippen MR) is 62.7 cm³/mol. The van der Waals surface area contributed by atoms with E-state index in [2.05, 4.69) is 10.3 Å². The fraction of sp³-hybridized carbons (Fsp3) is 0.600. The molecule has 0 spiro atoms. The van der Waals surface area contributed by atoms with Crippen molar-refractivity contribution in [1.82, 2.24) is 10.3 Å². The lowest BCUT2D eigenvalue weighted by atomic mass is 10.2. The summed E-state index contributed by atoms with van der Waals surface area (Å²) in [4.78, 5) is 17.5. The van der Waals surface area contributed by atoms with Crippen LogP contribution in [0.5, 0.6) is 0 Å². The van der Waals surface area contributed by atoms with Gasteiger partial charge in [-0.15, -0.1) is 11.3 Å². The van der Waals surface area contributed by atoms with E-state index in [9.17, 15) is 9.90 Å². The Bertz CT molecular complexity index is 393. The number of rotatable bonds is 2. The number of aromatic nitrogens is 1. The molecule has 1 aliphatic heterocycles. The summed E-state index contributed by atoms with van der Waals surface area (Å²) >= 11 is 1.50. The zero-order valence-corrected chi connectivity index (χ0v) is 10.1. The minimum absolute atomic E-state index is 0.0851. The molecule has 0 radical (unpaired) electrons. The molecule has 5 nitrogen and oxygen atoms in total. The first-order chi connectivity index (χ1) is 7.59. The third kappa shape index (κ3) is 2.09. The van der Waals surface area contributed by atoms with Gasteiger partial charge in [-0.1, -0.05) is 0 Å². The van der Waals surface area contributed by atoms with E-state index in [1.165, 1.54) is 18.3 Å². The molecule has 88 valence electrons. The topological polar surface area (TPSA) is 65.5 Å². The lowest BCUT2D eigenvalue weighted by Gasteiger charge is -2.27. The van der Waals surface area contributed by atoms with Crippen LogP contribution in [0.15, 0.2) is 5.38 Å². The third-order valence-electron chi connectivity index (χ3n) is 2.68. The lowest BCUT2D eigenvalue weighted by molar-refractivity contribution is -0.117. The second-order valence-corrected chi connectivity index (χ2v) is 4.97. The van der Waals surface area contributed by atoms with Crippen LogP contribution in [0, 0.1) is 6.92 Å². The third-order valence-corrected chi connectivity index (χ3v) is 3.44. The number of nitrogens with one attached hydrogen (secondary N) is 1. The molecule has 0 aliphatic carbocycles. The first-order valence-corrected chi connectivity index (χ1v) is 6.08. The SMILES string of the molecule is CC(=O)N(c1csc(C)n1)C1CNCC1O. The molecule has 1 amide bonds. The number of thiazole rings is 1. The van der Waals surface area contributed by atoms with E-state index in [4.69, 9.17) is 0 Å². The van der Waals surface area contributed by atoms with Crippen molar-refractivity contribution in [2.75, 3.05) is 18.0 Å². The van der Waals surface area contributed by atoms with Crippen LogP contribution in [0.4, 0.5) is 5.82 Å². The summed E-state index contributed by atoms with van der Waals surface area (Å²) < 4.78 is 0. The Morgan fingerprint density at radius 3 is 2.88 bits per heavy atom. The molecule has 1 aromatic rings. The number of nitrogens with zero attached hydrogens (tertiary/aromatic N) is 2. The van der Waals surface area contributed by atoms with Crippen LogP contribution in [0.2, 0.25) is 0 Å². The largest absolute Gasteiger partial charge is 0.390 e. The summed E-state index contributed by atoms with van der Waals surface area (Å²) in [5, 5.41) is 15.6. The van der Waals surface area contributed by atoms with Crippen LogP contribution in [-0.2, 0) is 4.79 Å². The van der Waals surface area contributed by atoms with Crippen LogP contribution in [0.25, 0.3) is 0 Å². The highest BCUT2D eigenvalue weighted by molar-refractivity contribution is 7.09. The van der Waals surface area contributed by atoms with Gasteiger partial charge in [0.05, 0.1) is 17.2 Å². The Morgan fingerprint density at radius 2 is 2.44 bits per heavy atom. The van der Waals surface area contributed by atoms with E-state index in [0.717, 1.165) is 5.01 Å². The molecule has 1 aliphatic rings. The van der Waals surface area contributed by atoms with Crippen molar-refractivity contribution in [2.24, 2.45) is 0 Å². The normalized spacial score (nSPS) is 24.7. The minimum Gasteiger partial charge on any atom is -0.390 e. The number of hydrogen-bond donors (Lipinski definition) is 2. The monoisotopic (exact) mass is 241 g/mol. The molecule has 1 fully saturated rings. The molecular weight excluding hydrogens is 226 g/mol. The Morgan fingerprint density at radius 1 is 1.69 bits per heavy atom. The molecule has 0 bridgehead atoms. The van der Waals surface area contributed by atoms with Crippen LogP contribution in [0.3, 0.4) is 0 Å². The molecule has 0 aromatic carbocycles. The summed E-state index contributed by atoms with van der Waals surface area (Å²) in [6.07, 6.45) is -0.522. The molecule has 1 saturated heterocycles. The van der Waals surface area contributed by atoms with Crippen molar-refractivity contribution in [3.05, 3.63) is 10.4 Å². The molecule has 2 atom stereocenters. The Hall–Kier alpha value is -0.980. The van der Waals surface area contributed by atoms with Gasteiger partial charge in [-0.3, -0.25) is 9.69 Å². The highest BCUT2D eigenvalue weighted by Crippen LogP contribution is 2.22. The fourth-order valence-electron chi connectivity index (χ4n) is 1.94. The van der Waals surface area contributed by atoms with Crippen molar-refractivity contribution >= 4 is 23.1 Å². The molecule has 2 unspecified atom stereocenters. The second-order valence-electron chi connectivity index (χ2n) is 3.91. The minimum atomic E-state index is -0.522. The van der Waals surface area contributed by atoms with Crippen molar-refractivity contribution in [1.29, 1.82) is 0 Å². The van der Waals surface area contributed by atoms with Crippen molar-refractivity contribution < 1.29 is 9.90 Å². The number of carbonyl (C=O) groups is 1. The smallest absolute Gasteiger partial charge is 0.225 e. The number of amides is 1. The van der Waals surface area contributed by atoms with Gasteiger partial charge in [0.2, 0.25) is 5.91 Å². The summed E-state index contributed by atoms with van der Waals surface area (Å²) in [5.74, 6) is 0.556. The number of carbonyl (C=O) groups excluding carboxylic acids is 1. The van der Waals surface area contributed by atoms with Gasteiger partial charge >= 0.3 is 0 Å². The van der Waals surface area contributed by atoms with Gasteiger partial charge in [0.25, 0.3) is 0 Å². The zero-order chi connectivity index (χ0) is 11.7.